The van der Waals surface area contributed by atoms with Gasteiger partial charge in [0.25, 0.3) is 5.91 Å². The Kier molecular flexibility index (Phi) is 3.97. The van der Waals surface area contributed by atoms with Gasteiger partial charge in [-0.05, 0) is 23.8 Å². The molecule has 1 atom stereocenters. The number of ether oxygens (including phenoxy) is 1. The van der Waals surface area contributed by atoms with Gasteiger partial charge in [0.2, 0.25) is 0 Å². The Hall–Kier alpha value is -2.89. The van der Waals surface area contributed by atoms with Gasteiger partial charge in [0.1, 0.15) is 5.82 Å². The zero-order valence-corrected chi connectivity index (χ0v) is 12.9. The molecule has 23 heavy (non-hydrogen) atoms. The third-order valence-electron chi connectivity index (χ3n) is 3.66. The van der Waals surface area contributed by atoms with Crippen LogP contribution >= 0.6 is 0 Å². The number of benzene rings is 1. The summed E-state index contributed by atoms with van der Waals surface area (Å²) in [4.78, 5) is 30.4. The molecular formula is C17H17N3O3. The minimum atomic E-state index is -0.828. The standard InChI is InChI=1S/C17H17N3O3/c1-20(2)15-8-7-12(10-18-15)19-16(21)14-9-11-5-3-4-6-13(11)17(22)23-14/h3-8,10,14H,9H2,1-2H3,(H,19,21)/t14-/m0/s1. The van der Waals surface area contributed by atoms with Crippen molar-refractivity contribution in [2.24, 2.45) is 0 Å². The minimum absolute atomic E-state index is 0.354. The Balaban J connectivity index is 1.71. The van der Waals surface area contributed by atoms with Gasteiger partial charge in [-0.15, -0.1) is 0 Å². The quantitative estimate of drug-likeness (QED) is 0.876. The first-order valence-corrected chi connectivity index (χ1v) is 7.28. The maximum atomic E-state index is 12.3. The lowest BCUT2D eigenvalue weighted by atomic mass is 9.98. The summed E-state index contributed by atoms with van der Waals surface area (Å²) >= 11 is 0. The predicted molar refractivity (Wildman–Crippen MR) is 86.5 cm³/mol. The molecule has 1 N–H and O–H groups in total. The number of cyclic esters (lactones) is 1. The summed E-state index contributed by atoms with van der Waals surface area (Å²) in [6.07, 6.45) is 1.12. The summed E-state index contributed by atoms with van der Waals surface area (Å²) < 4.78 is 5.23. The van der Waals surface area contributed by atoms with Gasteiger partial charge in [0, 0.05) is 20.5 Å². The van der Waals surface area contributed by atoms with Gasteiger partial charge in [0.05, 0.1) is 17.4 Å². The Bertz CT molecular complexity index is 741. The molecule has 0 spiro atoms. The minimum Gasteiger partial charge on any atom is -0.448 e. The summed E-state index contributed by atoms with van der Waals surface area (Å²) in [5.41, 5.74) is 1.91. The van der Waals surface area contributed by atoms with Crippen molar-refractivity contribution in [1.82, 2.24) is 4.98 Å². The molecule has 0 fully saturated rings. The van der Waals surface area contributed by atoms with Gasteiger partial charge >= 0.3 is 5.97 Å². The third-order valence-corrected chi connectivity index (χ3v) is 3.66. The number of hydrogen-bond donors (Lipinski definition) is 1. The summed E-state index contributed by atoms with van der Waals surface area (Å²) in [6.45, 7) is 0. The zero-order valence-electron chi connectivity index (χ0n) is 12.9. The smallest absolute Gasteiger partial charge is 0.339 e. The van der Waals surface area contributed by atoms with E-state index in [1.165, 1.54) is 0 Å². The highest BCUT2D eigenvalue weighted by Gasteiger charge is 2.31. The van der Waals surface area contributed by atoms with Gasteiger partial charge in [-0.1, -0.05) is 18.2 Å². The average molecular weight is 311 g/mol. The highest BCUT2D eigenvalue weighted by Crippen LogP contribution is 2.21. The van der Waals surface area contributed by atoms with E-state index in [4.69, 9.17) is 4.74 Å². The molecule has 0 bridgehead atoms. The number of aromatic nitrogens is 1. The molecule has 2 aromatic rings. The summed E-state index contributed by atoms with van der Waals surface area (Å²) in [5, 5.41) is 2.73. The monoisotopic (exact) mass is 311 g/mol. The molecule has 6 heteroatoms. The van der Waals surface area contributed by atoms with Crippen molar-refractivity contribution in [3.8, 4) is 0 Å². The van der Waals surface area contributed by atoms with Crippen LogP contribution in [0.1, 0.15) is 15.9 Å². The molecule has 1 aliphatic rings. The number of carbonyl (C=O) groups excluding carboxylic acids is 2. The number of nitrogens with zero attached hydrogens (tertiary/aromatic N) is 2. The summed E-state index contributed by atoms with van der Waals surface area (Å²) in [5.74, 6) is -0.0265. The van der Waals surface area contributed by atoms with Gasteiger partial charge < -0.3 is 15.0 Å². The molecular weight excluding hydrogens is 294 g/mol. The van der Waals surface area contributed by atoms with Gasteiger partial charge in [0.15, 0.2) is 6.10 Å². The summed E-state index contributed by atoms with van der Waals surface area (Å²) in [6, 6.07) is 10.7. The molecule has 0 saturated carbocycles. The van der Waals surface area contributed by atoms with E-state index in [1.54, 1.807) is 30.5 Å². The third kappa shape index (κ3) is 3.15. The van der Waals surface area contributed by atoms with Crippen LogP contribution in [0.25, 0.3) is 0 Å². The first-order chi connectivity index (χ1) is 11.0. The van der Waals surface area contributed by atoms with Crippen molar-refractivity contribution in [3.05, 3.63) is 53.7 Å². The van der Waals surface area contributed by atoms with Crippen LogP contribution in [0.2, 0.25) is 0 Å². The van der Waals surface area contributed by atoms with Gasteiger partial charge in [-0.25, -0.2) is 9.78 Å². The lowest BCUT2D eigenvalue weighted by Crippen LogP contribution is -2.38. The van der Waals surface area contributed by atoms with E-state index in [9.17, 15) is 9.59 Å². The van der Waals surface area contributed by atoms with Gasteiger partial charge in [-0.3, -0.25) is 4.79 Å². The second-order valence-corrected chi connectivity index (χ2v) is 5.54. The fourth-order valence-corrected chi connectivity index (χ4v) is 2.43. The molecule has 2 heterocycles. The SMILES string of the molecule is CN(C)c1ccc(NC(=O)[C@@H]2Cc3ccccc3C(=O)O2)cn1. The molecule has 0 unspecified atom stereocenters. The van der Waals surface area contributed by atoms with Crippen LogP contribution in [0.15, 0.2) is 42.6 Å². The topological polar surface area (TPSA) is 71.5 Å². The first kappa shape index (κ1) is 15.0. The molecule has 0 aliphatic carbocycles. The van der Waals surface area contributed by atoms with Crippen molar-refractivity contribution in [2.75, 3.05) is 24.3 Å². The van der Waals surface area contributed by atoms with Crippen molar-refractivity contribution in [1.29, 1.82) is 0 Å². The number of fused-ring (bicyclic) bond motifs is 1. The fourth-order valence-electron chi connectivity index (χ4n) is 2.43. The zero-order chi connectivity index (χ0) is 16.4. The van der Waals surface area contributed by atoms with Crippen molar-refractivity contribution < 1.29 is 14.3 Å². The van der Waals surface area contributed by atoms with Crippen LogP contribution in [0.3, 0.4) is 0 Å². The van der Waals surface area contributed by atoms with Crippen molar-refractivity contribution in [2.45, 2.75) is 12.5 Å². The number of pyridine rings is 1. The number of hydrogen-bond acceptors (Lipinski definition) is 5. The second kappa shape index (κ2) is 6.08. The van der Waals surface area contributed by atoms with E-state index in [1.807, 2.05) is 31.1 Å². The van der Waals surface area contributed by atoms with Crippen LogP contribution in [-0.2, 0) is 16.0 Å². The van der Waals surface area contributed by atoms with Crippen molar-refractivity contribution >= 4 is 23.4 Å². The van der Waals surface area contributed by atoms with Crippen LogP contribution in [0, 0.1) is 0 Å². The number of anilines is 2. The molecule has 3 rings (SSSR count). The molecule has 6 nitrogen and oxygen atoms in total. The number of rotatable bonds is 3. The normalized spacial score (nSPS) is 16.3. The number of esters is 1. The molecule has 1 aromatic heterocycles. The number of nitrogens with one attached hydrogen (secondary N) is 1. The lowest BCUT2D eigenvalue weighted by Gasteiger charge is -2.23. The number of carbonyl (C=O) groups is 2. The fraction of sp³-hybridized carbons (Fsp3) is 0.235. The van der Waals surface area contributed by atoms with E-state index < -0.39 is 12.1 Å². The molecule has 0 saturated heterocycles. The first-order valence-electron chi connectivity index (χ1n) is 7.28. The maximum absolute atomic E-state index is 12.3. The number of amides is 1. The van der Waals surface area contributed by atoms with Crippen LogP contribution < -0.4 is 10.2 Å². The van der Waals surface area contributed by atoms with E-state index >= 15 is 0 Å². The second-order valence-electron chi connectivity index (χ2n) is 5.54. The van der Waals surface area contributed by atoms with Crippen LogP contribution in [0.5, 0.6) is 0 Å². The summed E-state index contributed by atoms with van der Waals surface area (Å²) in [7, 11) is 3.78. The lowest BCUT2D eigenvalue weighted by molar-refractivity contribution is -0.125. The van der Waals surface area contributed by atoms with Crippen LogP contribution in [-0.4, -0.2) is 37.1 Å². The van der Waals surface area contributed by atoms with Crippen LogP contribution in [0.4, 0.5) is 11.5 Å². The average Bonchev–Trinajstić information content (AvgIpc) is 2.55. The van der Waals surface area contributed by atoms with Gasteiger partial charge in [-0.2, -0.15) is 0 Å². The Morgan fingerprint density at radius 1 is 1.26 bits per heavy atom. The molecule has 1 amide bonds. The van der Waals surface area contributed by atoms with E-state index in [0.29, 0.717) is 17.7 Å². The Morgan fingerprint density at radius 3 is 2.74 bits per heavy atom. The highest BCUT2D eigenvalue weighted by atomic mass is 16.5. The molecule has 1 aliphatic heterocycles. The highest BCUT2D eigenvalue weighted by molar-refractivity contribution is 6.00. The Morgan fingerprint density at radius 2 is 2.04 bits per heavy atom. The predicted octanol–water partition coefficient (Wildman–Crippen LogP) is 1.87. The van der Waals surface area contributed by atoms with Crippen molar-refractivity contribution in [3.63, 3.8) is 0 Å². The largest absolute Gasteiger partial charge is 0.448 e. The molecule has 1 aromatic carbocycles. The maximum Gasteiger partial charge on any atom is 0.339 e. The Labute approximate surface area is 134 Å². The van der Waals surface area contributed by atoms with E-state index in [2.05, 4.69) is 10.3 Å². The van der Waals surface area contributed by atoms with E-state index in [-0.39, 0.29) is 5.91 Å². The molecule has 0 radical (unpaired) electrons. The van der Waals surface area contributed by atoms with E-state index in [0.717, 1.165) is 11.4 Å². The molecule has 118 valence electrons.